The Morgan fingerprint density at radius 1 is 0.840 bits per heavy atom. The Kier molecular flexibility index (Phi) is 4.46. The van der Waals surface area contributed by atoms with E-state index in [1.807, 2.05) is 48.5 Å². The van der Waals surface area contributed by atoms with Crippen LogP contribution in [0.2, 0.25) is 0 Å². The van der Waals surface area contributed by atoms with E-state index in [9.17, 15) is 0 Å². The number of benzene rings is 2. The monoisotopic (exact) mass is 339 g/mol. The molecular weight excluding hydrogens is 314 g/mol. The topological polar surface area (TPSA) is 40.0 Å². The van der Waals surface area contributed by atoms with Gasteiger partial charge in [-0.3, -0.25) is 4.99 Å². The van der Waals surface area contributed by atoms with Crippen molar-refractivity contribution in [1.29, 1.82) is 0 Å². The van der Waals surface area contributed by atoms with Gasteiger partial charge in [-0.15, -0.1) is 0 Å². The van der Waals surface area contributed by atoms with Gasteiger partial charge in [0.2, 0.25) is 0 Å². The molecule has 0 aliphatic carbocycles. The maximum Gasteiger partial charge on any atom is 0.190 e. The summed E-state index contributed by atoms with van der Waals surface area (Å²) < 4.78 is 17.1. The molecule has 0 saturated heterocycles. The van der Waals surface area contributed by atoms with E-state index in [0.717, 1.165) is 28.5 Å². The maximum absolute atomic E-state index is 6.50. The summed E-state index contributed by atoms with van der Waals surface area (Å²) in [7, 11) is 3.34. The van der Waals surface area contributed by atoms with Gasteiger partial charge in [0.15, 0.2) is 11.5 Å². The first-order valence-corrected chi connectivity index (χ1v) is 8.42. The van der Waals surface area contributed by atoms with Crippen LogP contribution in [0.1, 0.15) is 31.9 Å². The molecular formula is C21H25NO3. The second-order valence-electron chi connectivity index (χ2n) is 7.26. The van der Waals surface area contributed by atoms with Crippen LogP contribution in [0.25, 0.3) is 0 Å². The van der Waals surface area contributed by atoms with Crippen LogP contribution >= 0.6 is 0 Å². The molecule has 2 aromatic carbocycles. The largest absolute Gasteiger partial charge is 0.497 e. The first-order chi connectivity index (χ1) is 11.9. The molecule has 132 valence electrons. The minimum absolute atomic E-state index is 0.138. The molecule has 0 N–H and O–H groups in total. The normalized spacial score (nSPS) is 16.1. The van der Waals surface area contributed by atoms with Gasteiger partial charge in [-0.2, -0.15) is 0 Å². The molecule has 0 fully saturated rings. The molecule has 0 amide bonds. The lowest BCUT2D eigenvalue weighted by Gasteiger charge is -2.32. The summed E-state index contributed by atoms with van der Waals surface area (Å²) in [5, 5.41) is 0. The van der Waals surface area contributed by atoms with Gasteiger partial charge in [-0.25, -0.2) is 0 Å². The molecule has 0 unspecified atom stereocenters. The zero-order valence-corrected chi connectivity index (χ0v) is 15.5. The number of aliphatic imine (C=N–C) groups is 1. The summed E-state index contributed by atoms with van der Waals surface area (Å²) in [4.78, 5) is 4.73. The highest BCUT2D eigenvalue weighted by atomic mass is 16.5. The SMILES string of the molecule is COc1ccc(C2(c3ccc(OC)cc3)CN=C(C(C)(C)C)O2)cc1. The Labute approximate surface area is 149 Å². The zero-order chi connectivity index (χ0) is 18.1. The second kappa shape index (κ2) is 6.43. The Balaban J connectivity index is 2.05. The lowest BCUT2D eigenvalue weighted by molar-refractivity contribution is 0.116. The van der Waals surface area contributed by atoms with E-state index in [2.05, 4.69) is 20.8 Å². The summed E-state index contributed by atoms with van der Waals surface area (Å²) in [5.41, 5.74) is 1.35. The van der Waals surface area contributed by atoms with Crippen molar-refractivity contribution in [2.45, 2.75) is 26.4 Å². The lowest BCUT2D eigenvalue weighted by atomic mass is 9.86. The van der Waals surface area contributed by atoms with Crippen molar-refractivity contribution in [1.82, 2.24) is 0 Å². The van der Waals surface area contributed by atoms with Crippen molar-refractivity contribution in [3.63, 3.8) is 0 Å². The van der Waals surface area contributed by atoms with Gasteiger partial charge in [0.25, 0.3) is 0 Å². The van der Waals surface area contributed by atoms with Gasteiger partial charge < -0.3 is 14.2 Å². The summed E-state index contributed by atoms with van der Waals surface area (Å²) in [5.74, 6) is 2.42. The first-order valence-electron chi connectivity index (χ1n) is 8.42. The molecule has 4 heteroatoms. The minimum Gasteiger partial charge on any atom is -0.497 e. The average molecular weight is 339 g/mol. The molecule has 0 aromatic heterocycles. The Bertz CT molecular complexity index is 708. The number of hydrogen-bond acceptors (Lipinski definition) is 4. The number of ether oxygens (including phenoxy) is 3. The summed E-state index contributed by atoms with van der Waals surface area (Å²) in [6, 6.07) is 16.0. The van der Waals surface area contributed by atoms with Crippen molar-refractivity contribution in [2.24, 2.45) is 10.4 Å². The van der Waals surface area contributed by atoms with Crippen molar-refractivity contribution in [3.05, 3.63) is 59.7 Å². The standard InChI is InChI=1S/C21H25NO3/c1-20(2,3)19-22-14-21(25-19,15-6-10-17(23-4)11-7-15)16-8-12-18(24-5)13-9-16/h6-13H,14H2,1-5H3. The van der Waals surface area contributed by atoms with E-state index in [-0.39, 0.29) is 5.41 Å². The summed E-state index contributed by atoms with van der Waals surface area (Å²) in [6.45, 7) is 6.90. The van der Waals surface area contributed by atoms with Gasteiger partial charge in [-0.1, -0.05) is 45.0 Å². The lowest BCUT2D eigenvalue weighted by Crippen LogP contribution is -2.34. The van der Waals surface area contributed by atoms with Crippen LogP contribution < -0.4 is 9.47 Å². The highest BCUT2D eigenvalue weighted by Gasteiger charge is 2.44. The molecule has 1 heterocycles. The fourth-order valence-corrected chi connectivity index (χ4v) is 2.99. The molecule has 0 atom stereocenters. The molecule has 4 nitrogen and oxygen atoms in total. The highest BCUT2D eigenvalue weighted by molar-refractivity contribution is 5.84. The Morgan fingerprint density at radius 3 is 1.60 bits per heavy atom. The molecule has 0 radical (unpaired) electrons. The average Bonchev–Trinajstić information content (AvgIpc) is 3.09. The van der Waals surface area contributed by atoms with Crippen LogP contribution in [0, 0.1) is 5.41 Å². The van der Waals surface area contributed by atoms with E-state index in [0.29, 0.717) is 6.54 Å². The van der Waals surface area contributed by atoms with E-state index < -0.39 is 5.60 Å². The van der Waals surface area contributed by atoms with Crippen molar-refractivity contribution >= 4 is 5.90 Å². The number of hydrogen-bond donors (Lipinski definition) is 0. The van der Waals surface area contributed by atoms with E-state index in [4.69, 9.17) is 19.2 Å². The van der Waals surface area contributed by atoms with Crippen LogP contribution in [0.5, 0.6) is 11.5 Å². The van der Waals surface area contributed by atoms with Crippen molar-refractivity contribution < 1.29 is 14.2 Å². The Hall–Kier alpha value is -2.49. The third-order valence-electron chi connectivity index (χ3n) is 4.47. The zero-order valence-electron chi connectivity index (χ0n) is 15.5. The van der Waals surface area contributed by atoms with E-state index in [1.54, 1.807) is 14.2 Å². The molecule has 0 saturated carbocycles. The maximum atomic E-state index is 6.50. The molecule has 3 rings (SSSR count). The molecule has 1 aliphatic rings. The highest BCUT2D eigenvalue weighted by Crippen LogP contribution is 2.41. The first kappa shape index (κ1) is 17.3. The van der Waals surface area contributed by atoms with Crippen LogP contribution in [-0.4, -0.2) is 26.7 Å². The number of rotatable bonds is 4. The minimum atomic E-state index is -0.624. The van der Waals surface area contributed by atoms with Gasteiger partial charge >= 0.3 is 0 Å². The van der Waals surface area contributed by atoms with E-state index >= 15 is 0 Å². The quantitative estimate of drug-likeness (QED) is 0.828. The fourth-order valence-electron chi connectivity index (χ4n) is 2.99. The van der Waals surface area contributed by atoms with Crippen LogP contribution in [0.4, 0.5) is 0 Å². The number of methoxy groups -OCH3 is 2. The van der Waals surface area contributed by atoms with Gasteiger partial charge in [0, 0.05) is 16.5 Å². The van der Waals surface area contributed by atoms with Crippen molar-refractivity contribution in [2.75, 3.05) is 20.8 Å². The van der Waals surface area contributed by atoms with Crippen LogP contribution in [-0.2, 0) is 10.3 Å². The molecule has 2 aromatic rings. The van der Waals surface area contributed by atoms with Crippen LogP contribution in [0.3, 0.4) is 0 Å². The molecule has 25 heavy (non-hydrogen) atoms. The van der Waals surface area contributed by atoms with Gasteiger partial charge in [0.05, 0.1) is 20.8 Å². The van der Waals surface area contributed by atoms with E-state index in [1.165, 1.54) is 0 Å². The van der Waals surface area contributed by atoms with Crippen LogP contribution in [0.15, 0.2) is 53.5 Å². The summed E-state index contributed by atoms with van der Waals surface area (Å²) in [6.07, 6.45) is 0. The Morgan fingerprint density at radius 2 is 1.28 bits per heavy atom. The predicted molar refractivity (Wildman–Crippen MR) is 99.6 cm³/mol. The second-order valence-corrected chi connectivity index (χ2v) is 7.26. The number of nitrogens with zero attached hydrogens (tertiary/aromatic N) is 1. The fraction of sp³-hybridized carbons (Fsp3) is 0.381. The third-order valence-corrected chi connectivity index (χ3v) is 4.47. The van der Waals surface area contributed by atoms with Gasteiger partial charge in [-0.05, 0) is 24.3 Å². The van der Waals surface area contributed by atoms with Gasteiger partial charge in [0.1, 0.15) is 11.5 Å². The molecule has 0 bridgehead atoms. The smallest absolute Gasteiger partial charge is 0.190 e. The summed E-state index contributed by atoms with van der Waals surface area (Å²) >= 11 is 0. The third kappa shape index (κ3) is 3.21. The molecule has 0 spiro atoms. The predicted octanol–water partition coefficient (Wildman–Crippen LogP) is 4.42. The van der Waals surface area contributed by atoms with Crippen molar-refractivity contribution in [3.8, 4) is 11.5 Å². The molecule has 1 aliphatic heterocycles.